The molecule has 0 spiro atoms. The fourth-order valence-corrected chi connectivity index (χ4v) is 2.11. The van der Waals surface area contributed by atoms with E-state index in [4.69, 9.17) is 9.79 Å². The van der Waals surface area contributed by atoms with Crippen molar-refractivity contribution in [2.75, 3.05) is 0 Å². The lowest BCUT2D eigenvalue weighted by molar-refractivity contribution is 0.387. The number of hydrogen-bond donors (Lipinski definition) is 3. The Morgan fingerprint density at radius 1 is 1.33 bits per heavy atom. The molecule has 3 N–H and O–H groups in total. The molecule has 0 saturated heterocycles. The maximum atomic E-state index is 11.2. The highest BCUT2D eigenvalue weighted by Gasteiger charge is 2.19. The summed E-state index contributed by atoms with van der Waals surface area (Å²) in [7, 11) is -4.31. The van der Waals surface area contributed by atoms with E-state index < -0.39 is 7.60 Å². The van der Waals surface area contributed by atoms with Crippen molar-refractivity contribution in [3.05, 3.63) is 24.5 Å². The number of aromatic amines is 1. The molecule has 18 heavy (non-hydrogen) atoms. The van der Waals surface area contributed by atoms with Crippen molar-refractivity contribution < 1.29 is 14.4 Å². The van der Waals surface area contributed by atoms with E-state index in [1.165, 1.54) is 28.9 Å². The summed E-state index contributed by atoms with van der Waals surface area (Å²) in [6.07, 6.45) is 2.82. The maximum Gasteiger partial charge on any atom is 0.357 e. The van der Waals surface area contributed by atoms with Gasteiger partial charge in [-0.1, -0.05) is 0 Å². The number of aromatic nitrogens is 6. The lowest BCUT2D eigenvalue weighted by Gasteiger charge is -2.05. The van der Waals surface area contributed by atoms with Gasteiger partial charge in [-0.25, -0.2) is 4.98 Å². The summed E-state index contributed by atoms with van der Waals surface area (Å²) < 4.78 is 12.7. The average molecular weight is 266 g/mol. The van der Waals surface area contributed by atoms with E-state index in [2.05, 4.69) is 25.6 Å². The van der Waals surface area contributed by atoms with Gasteiger partial charge in [-0.15, -0.1) is 10.2 Å². The van der Waals surface area contributed by atoms with Crippen LogP contribution in [0.15, 0.2) is 24.5 Å². The minimum absolute atomic E-state index is 0.0993. The summed E-state index contributed by atoms with van der Waals surface area (Å²) in [4.78, 5) is 22.4. The normalized spacial score (nSPS) is 12.1. The number of rotatable bonds is 2. The molecule has 3 aromatic rings. The predicted molar refractivity (Wildman–Crippen MR) is 60.0 cm³/mol. The standard InChI is InChI=1S/C8H7N6O3P/c15-18(16,17)5-1-2-7-9-3-6(14(7)4-5)8-10-12-13-11-8/h1-4H,(H2,15,16,17)(H,10,11,12,13). The van der Waals surface area contributed by atoms with E-state index >= 15 is 0 Å². The molecule has 0 amide bonds. The highest BCUT2D eigenvalue weighted by molar-refractivity contribution is 7.60. The first-order valence-corrected chi connectivity index (χ1v) is 6.44. The van der Waals surface area contributed by atoms with Gasteiger partial charge in [0.05, 0.1) is 11.5 Å². The number of H-pyrrole nitrogens is 1. The largest absolute Gasteiger partial charge is 0.357 e. The van der Waals surface area contributed by atoms with Crippen molar-refractivity contribution in [1.29, 1.82) is 0 Å². The number of nitrogens with one attached hydrogen (secondary N) is 1. The van der Waals surface area contributed by atoms with Crippen LogP contribution < -0.4 is 5.30 Å². The molecule has 3 aromatic heterocycles. The fourth-order valence-electron chi connectivity index (χ4n) is 1.58. The fraction of sp³-hybridized carbons (Fsp3) is 0. The highest BCUT2D eigenvalue weighted by Crippen LogP contribution is 2.33. The van der Waals surface area contributed by atoms with Crippen LogP contribution in [0.1, 0.15) is 0 Å². The summed E-state index contributed by atoms with van der Waals surface area (Å²) in [6.45, 7) is 0. The topological polar surface area (TPSA) is 129 Å². The third kappa shape index (κ3) is 1.70. The van der Waals surface area contributed by atoms with Crippen LogP contribution >= 0.6 is 7.60 Å². The second-order valence-electron chi connectivity index (χ2n) is 3.54. The van der Waals surface area contributed by atoms with E-state index in [0.717, 1.165) is 0 Å². The molecule has 0 unspecified atom stereocenters. The van der Waals surface area contributed by atoms with Gasteiger partial charge in [0.15, 0.2) is 0 Å². The Bertz CT molecular complexity index is 745. The molecule has 0 aliphatic rings. The zero-order valence-corrected chi connectivity index (χ0v) is 9.69. The molecular formula is C8H7N6O3P. The van der Waals surface area contributed by atoms with Crippen molar-refractivity contribution in [3.63, 3.8) is 0 Å². The Balaban J connectivity index is 2.26. The Morgan fingerprint density at radius 3 is 2.83 bits per heavy atom. The molecule has 0 aliphatic carbocycles. The molecule has 0 aliphatic heterocycles. The first-order chi connectivity index (χ1) is 8.55. The van der Waals surface area contributed by atoms with Gasteiger partial charge < -0.3 is 9.79 Å². The number of tetrazole rings is 1. The van der Waals surface area contributed by atoms with Gasteiger partial charge in [0, 0.05) is 6.20 Å². The third-order valence-corrected chi connectivity index (χ3v) is 3.34. The summed E-state index contributed by atoms with van der Waals surface area (Å²) in [5, 5.41) is 13.2. The molecule has 0 atom stereocenters. The smallest absolute Gasteiger partial charge is 0.321 e. The lowest BCUT2D eigenvalue weighted by atomic mass is 10.4. The molecule has 0 aromatic carbocycles. The molecule has 0 radical (unpaired) electrons. The van der Waals surface area contributed by atoms with Crippen LogP contribution in [0.5, 0.6) is 0 Å². The van der Waals surface area contributed by atoms with Crippen LogP contribution in [0.2, 0.25) is 0 Å². The van der Waals surface area contributed by atoms with Gasteiger partial charge in [-0.3, -0.25) is 8.97 Å². The molecule has 9 nitrogen and oxygen atoms in total. The van der Waals surface area contributed by atoms with Crippen LogP contribution in [-0.2, 0) is 4.57 Å². The number of fused-ring (bicyclic) bond motifs is 1. The quantitative estimate of drug-likeness (QED) is 0.524. The number of nitrogens with zero attached hydrogens (tertiary/aromatic N) is 5. The first kappa shape index (κ1) is 11.0. The van der Waals surface area contributed by atoms with Gasteiger partial charge in [-0.05, 0) is 17.3 Å². The van der Waals surface area contributed by atoms with Crippen molar-refractivity contribution in [2.24, 2.45) is 0 Å². The number of hydrogen-bond acceptors (Lipinski definition) is 5. The van der Waals surface area contributed by atoms with Crippen molar-refractivity contribution in [2.45, 2.75) is 0 Å². The van der Waals surface area contributed by atoms with Gasteiger partial charge in [0.1, 0.15) is 11.3 Å². The minimum atomic E-state index is -4.31. The molecule has 92 valence electrons. The summed E-state index contributed by atoms with van der Waals surface area (Å²) in [6, 6.07) is 2.85. The van der Waals surface area contributed by atoms with Crippen LogP contribution in [0.4, 0.5) is 0 Å². The third-order valence-electron chi connectivity index (χ3n) is 2.40. The predicted octanol–water partition coefficient (Wildman–Crippen LogP) is -0.683. The summed E-state index contributed by atoms with van der Waals surface area (Å²) in [5.41, 5.74) is 1.03. The summed E-state index contributed by atoms with van der Waals surface area (Å²) >= 11 is 0. The second-order valence-corrected chi connectivity index (χ2v) is 5.14. The van der Waals surface area contributed by atoms with Crippen molar-refractivity contribution >= 4 is 18.5 Å². The van der Waals surface area contributed by atoms with Gasteiger partial charge in [0.25, 0.3) is 0 Å². The zero-order valence-electron chi connectivity index (χ0n) is 8.80. The monoisotopic (exact) mass is 266 g/mol. The van der Waals surface area contributed by atoms with E-state index in [0.29, 0.717) is 17.2 Å². The van der Waals surface area contributed by atoms with Crippen molar-refractivity contribution in [3.8, 4) is 11.5 Å². The van der Waals surface area contributed by atoms with Gasteiger partial charge in [-0.2, -0.15) is 5.21 Å². The van der Waals surface area contributed by atoms with Crippen LogP contribution in [-0.4, -0.2) is 39.8 Å². The van der Waals surface area contributed by atoms with Crippen LogP contribution in [0, 0.1) is 0 Å². The Morgan fingerprint density at radius 2 is 2.17 bits per heavy atom. The molecule has 3 rings (SSSR count). The first-order valence-electron chi connectivity index (χ1n) is 4.83. The van der Waals surface area contributed by atoms with E-state index in [1.807, 2.05) is 0 Å². The molecule has 0 saturated carbocycles. The Kier molecular flexibility index (Phi) is 2.27. The van der Waals surface area contributed by atoms with Gasteiger partial charge in [0.2, 0.25) is 5.82 Å². The lowest BCUT2D eigenvalue weighted by Crippen LogP contribution is -2.06. The number of pyridine rings is 1. The van der Waals surface area contributed by atoms with Crippen LogP contribution in [0.3, 0.4) is 0 Å². The molecule has 10 heteroatoms. The van der Waals surface area contributed by atoms with Crippen molar-refractivity contribution in [1.82, 2.24) is 30.0 Å². The van der Waals surface area contributed by atoms with Gasteiger partial charge >= 0.3 is 7.60 Å². The van der Waals surface area contributed by atoms with E-state index in [-0.39, 0.29) is 5.30 Å². The maximum absolute atomic E-state index is 11.2. The minimum Gasteiger partial charge on any atom is -0.321 e. The second kappa shape index (κ2) is 3.70. The highest BCUT2D eigenvalue weighted by atomic mass is 31.2. The zero-order chi connectivity index (χ0) is 12.8. The van der Waals surface area contributed by atoms with E-state index in [1.54, 1.807) is 0 Å². The number of imidazole rings is 1. The average Bonchev–Trinajstić information content (AvgIpc) is 2.95. The van der Waals surface area contributed by atoms with Crippen LogP contribution in [0.25, 0.3) is 17.2 Å². The SMILES string of the molecule is O=P(O)(O)c1ccc2ncc(-c3nn[nH]n3)n2c1. The molecule has 0 bridgehead atoms. The summed E-state index contributed by atoms with van der Waals surface area (Å²) in [5.74, 6) is 0.297. The molecular weight excluding hydrogens is 259 g/mol. The van der Waals surface area contributed by atoms with E-state index in [9.17, 15) is 4.57 Å². The molecule has 3 heterocycles. The Labute approximate surface area is 99.7 Å². The Hall–Kier alpha value is -2.09. The molecule has 0 fully saturated rings.